The molecule has 1 aliphatic heterocycles. The van der Waals surface area contributed by atoms with Crippen LogP contribution in [0.5, 0.6) is 0 Å². The first-order valence-electron chi connectivity index (χ1n) is 6.03. The van der Waals surface area contributed by atoms with Crippen molar-refractivity contribution in [3.8, 4) is 0 Å². The van der Waals surface area contributed by atoms with Crippen LogP contribution in [0.4, 0.5) is 0 Å². The molecular formula is C12H23NO. The zero-order chi connectivity index (χ0) is 10.0. The maximum absolute atomic E-state index is 5.70. The quantitative estimate of drug-likeness (QED) is 0.750. The van der Waals surface area contributed by atoms with Gasteiger partial charge in [0, 0.05) is 12.6 Å². The predicted molar refractivity (Wildman–Crippen MR) is 58.4 cm³/mol. The van der Waals surface area contributed by atoms with E-state index >= 15 is 0 Å². The molecule has 2 fully saturated rings. The Kier molecular flexibility index (Phi) is 3.13. The summed E-state index contributed by atoms with van der Waals surface area (Å²) in [7, 11) is 0. The smallest absolute Gasteiger partial charge is 0.0641 e. The van der Waals surface area contributed by atoms with E-state index in [0.29, 0.717) is 6.04 Å². The van der Waals surface area contributed by atoms with Gasteiger partial charge in [0.2, 0.25) is 0 Å². The number of ether oxygens (including phenoxy) is 1. The van der Waals surface area contributed by atoms with E-state index in [1.54, 1.807) is 0 Å². The first kappa shape index (κ1) is 10.4. The highest BCUT2D eigenvalue weighted by Gasteiger charge is 2.29. The molecule has 2 heteroatoms. The molecule has 0 aromatic rings. The van der Waals surface area contributed by atoms with Gasteiger partial charge in [-0.3, -0.25) is 0 Å². The van der Waals surface area contributed by atoms with Gasteiger partial charge in [-0.1, -0.05) is 6.42 Å². The van der Waals surface area contributed by atoms with E-state index in [-0.39, 0.29) is 5.60 Å². The molecule has 0 amide bonds. The third-order valence-corrected chi connectivity index (χ3v) is 3.62. The van der Waals surface area contributed by atoms with Gasteiger partial charge >= 0.3 is 0 Å². The van der Waals surface area contributed by atoms with Gasteiger partial charge in [0.1, 0.15) is 0 Å². The van der Waals surface area contributed by atoms with Crippen molar-refractivity contribution in [1.29, 1.82) is 0 Å². The minimum absolute atomic E-state index is 0.0928. The molecule has 2 rings (SSSR count). The summed E-state index contributed by atoms with van der Waals surface area (Å²) in [6, 6.07) is 0.694. The summed E-state index contributed by atoms with van der Waals surface area (Å²) in [6.45, 7) is 6.56. The Morgan fingerprint density at radius 3 is 2.64 bits per heavy atom. The first-order valence-corrected chi connectivity index (χ1v) is 6.03. The van der Waals surface area contributed by atoms with Crippen LogP contribution in [0.2, 0.25) is 0 Å². The Balaban J connectivity index is 1.69. The van der Waals surface area contributed by atoms with Crippen LogP contribution in [-0.4, -0.2) is 24.8 Å². The Morgan fingerprint density at radius 2 is 2.07 bits per heavy atom. The van der Waals surface area contributed by atoms with Crippen molar-refractivity contribution in [2.24, 2.45) is 5.92 Å². The topological polar surface area (TPSA) is 21.3 Å². The number of nitrogens with one attached hydrogen (secondary N) is 1. The fourth-order valence-corrected chi connectivity index (χ4v) is 2.44. The molecule has 0 spiro atoms. The first-order chi connectivity index (χ1) is 6.66. The molecule has 1 saturated carbocycles. The molecule has 0 aromatic carbocycles. The maximum atomic E-state index is 5.70. The van der Waals surface area contributed by atoms with Gasteiger partial charge in [0.15, 0.2) is 0 Å². The predicted octanol–water partition coefficient (Wildman–Crippen LogP) is 2.33. The third-order valence-electron chi connectivity index (χ3n) is 3.62. The zero-order valence-corrected chi connectivity index (χ0v) is 9.51. The molecule has 0 aromatic heterocycles. The van der Waals surface area contributed by atoms with Crippen LogP contribution in [0.25, 0.3) is 0 Å². The average molecular weight is 197 g/mol. The lowest BCUT2D eigenvalue weighted by Crippen LogP contribution is -2.45. The molecule has 1 saturated heterocycles. The lowest BCUT2D eigenvalue weighted by atomic mass is 9.85. The van der Waals surface area contributed by atoms with Gasteiger partial charge in [-0.2, -0.15) is 0 Å². The zero-order valence-electron chi connectivity index (χ0n) is 9.51. The number of hydrogen-bond acceptors (Lipinski definition) is 2. The molecule has 0 radical (unpaired) electrons. The van der Waals surface area contributed by atoms with E-state index in [9.17, 15) is 0 Å². The number of rotatable bonds is 3. The van der Waals surface area contributed by atoms with Gasteiger partial charge in [-0.25, -0.2) is 0 Å². The molecule has 1 unspecified atom stereocenters. The van der Waals surface area contributed by atoms with Crippen molar-refractivity contribution >= 4 is 0 Å². The molecular weight excluding hydrogens is 174 g/mol. The number of hydrogen-bond donors (Lipinski definition) is 1. The summed E-state index contributed by atoms with van der Waals surface area (Å²) < 4.78 is 5.70. The lowest BCUT2D eigenvalue weighted by molar-refractivity contribution is -0.0634. The van der Waals surface area contributed by atoms with Crippen molar-refractivity contribution in [1.82, 2.24) is 5.32 Å². The van der Waals surface area contributed by atoms with Crippen molar-refractivity contribution in [3.63, 3.8) is 0 Å². The van der Waals surface area contributed by atoms with Crippen LogP contribution in [0, 0.1) is 5.92 Å². The summed E-state index contributed by atoms with van der Waals surface area (Å²) in [6.07, 6.45) is 6.70. The second-order valence-electron chi connectivity index (χ2n) is 5.50. The second kappa shape index (κ2) is 4.19. The SMILES string of the molecule is CC1(C)CC(NCC2CCC2)CCO1. The Morgan fingerprint density at radius 1 is 1.29 bits per heavy atom. The molecule has 2 nitrogen and oxygen atoms in total. The van der Waals surface area contributed by atoms with E-state index in [1.165, 1.54) is 38.6 Å². The summed E-state index contributed by atoms with van der Waals surface area (Å²) in [5.74, 6) is 0.973. The fraction of sp³-hybridized carbons (Fsp3) is 1.00. The molecule has 14 heavy (non-hydrogen) atoms. The van der Waals surface area contributed by atoms with Crippen molar-refractivity contribution in [2.45, 2.75) is 57.6 Å². The fourth-order valence-electron chi connectivity index (χ4n) is 2.44. The Hall–Kier alpha value is -0.0800. The molecule has 82 valence electrons. The van der Waals surface area contributed by atoms with Crippen LogP contribution < -0.4 is 5.32 Å². The van der Waals surface area contributed by atoms with E-state index in [4.69, 9.17) is 4.74 Å². The molecule has 1 aliphatic carbocycles. The monoisotopic (exact) mass is 197 g/mol. The second-order valence-corrected chi connectivity index (χ2v) is 5.50. The highest BCUT2D eigenvalue weighted by molar-refractivity contribution is 4.84. The van der Waals surface area contributed by atoms with Crippen LogP contribution in [-0.2, 0) is 4.74 Å². The van der Waals surface area contributed by atoms with E-state index in [2.05, 4.69) is 19.2 Å². The van der Waals surface area contributed by atoms with E-state index in [1.807, 2.05) is 0 Å². The van der Waals surface area contributed by atoms with Gasteiger partial charge in [-0.05, 0) is 52.0 Å². The Bertz CT molecular complexity index is 187. The largest absolute Gasteiger partial charge is 0.375 e. The molecule has 1 atom stereocenters. The standard InChI is InChI=1S/C12H23NO/c1-12(2)8-11(6-7-14-12)13-9-10-4-3-5-10/h10-11,13H,3-9H2,1-2H3. The van der Waals surface area contributed by atoms with Crippen LogP contribution in [0.1, 0.15) is 46.0 Å². The van der Waals surface area contributed by atoms with Gasteiger partial charge < -0.3 is 10.1 Å². The molecule has 1 N–H and O–H groups in total. The van der Waals surface area contributed by atoms with Gasteiger partial charge in [-0.15, -0.1) is 0 Å². The lowest BCUT2D eigenvalue weighted by Gasteiger charge is -2.37. The summed E-state index contributed by atoms with van der Waals surface area (Å²) in [4.78, 5) is 0. The van der Waals surface area contributed by atoms with E-state index in [0.717, 1.165) is 12.5 Å². The van der Waals surface area contributed by atoms with Crippen LogP contribution >= 0.6 is 0 Å². The van der Waals surface area contributed by atoms with Gasteiger partial charge in [0.05, 0.1) is 5.60 Å². The summed E-state index contributed by atoms with van der Waals surface area (Å²) in [5, 5.41) is 3.70. The van der Waals surface area contributed by atoms with Crippen molar-refractivity contribution in [3.05, 3.63) is 0 Å². The summed E-state index contributed by atoms with van der Waals surface area (Å²) in [5.41, 5.74) is 0.0928. The molecule has 1 heterocycles. The Labute approximate surface area is 87.4 Å². The van der Waals surface area contributed by atoms with Crippen molar-refractivity contribution < 1.29 is 4.74 Å². The molecule has 2 aliphatic rings. The minimum atomic E-state index is 0.0928. The van der Waals surface area contributed by atoms with E-state index < -0.39 is 0 Å². The van der Waals surface area contributed by atoms with Crippen LogP contribution in [0.3, 0.4) is 0 Å². The maximum Gasteiger partial charge on any atom is 0.0641 e. The minimum Gasteiger partial charge on any atom is -0.375 e. The van der Waals surface area contributed by atoms with Gasteiger partial charge in [0.25, 0.3) is 0 Å². The normalized spacial score (nSPS) is 32.6. The van der Waals surface area contributed by atoms with Crippen molar-refractivity contribution in [2.75, 3.05) is 13.2 Å². The highest BCUT2D eigenvalue weighted by atomic mass is 16.5. The highest BCUT2D eigenvalue weighted by Crippen LogP contribution is 2.27. The summed E-state index contributed by atoms with van der Waals surface area (Å²) >= 11 is 0. The molecule has 0 bridgehead atoms. The van der Waals surface area contributed by atoms with Crippen LogP contribution in [0.15, 0.2) is 0 Å². The third kappa shape index (κ3) is 2.71. The average Bonchev–Trinajstić information content (AvgIpc) is 1.99.